The molecule has 0 aromatic carbocycles. The molecule has 0 heterocycles. The first-order valence-corrected chi connectivity index (χ1v) is 3.85. The zero-order chi connectivity index (χ0) is 6.69. The molecule has 2 atom stereocenters. The maximum Gasteiger partial charge on any atom is 0.0573 e. The summed E-state index contributed by atoms with van der Waals surface area (Å²) in [6, 6.07) is 0. The van der Waals surface area contributed by atoms with E-state index in [9.17, 15) is 0 Å². The molecule has 0 bridgehead atoms. The van der Waals surface area contributed by atoms with E-state index in [1.165, 1.54) is 25.7 Å². The molecule has 1 rings (SSSR count). The Labute approximate surface area is 57.4 Å². The highest BCUT2D eigenvalue weighted by molar-refractivity contribution is 4.69. The van der Waals surface area contributed by atoms with Crippen LogP contribution in [-0.4, -0.2) is 13.2 Å². The SMILES string of the molecule is CO[C@H]1CCC[C@@H](C)C1. The fourth-order valence-corrected chi connectivity index (χ4v) is 1.59. The lowest BCUT2D eigenvalue weighted by atomic mass is 9.89. The molecule has 0 saturated heterocycles. The molecular weight excluding hydrogens is 112 g/mol. The van der Waals surface area contributed by atoms with Gasteiger partial charge in [0, 0.05) is 7.11 Å². The highest BCUT2D eigenvalue weighted by Crippen LogP contribution is 2.24. The Hall–Kier alpha value is -0.0400. The van der Waals surface area contributed by atoms with E-state index < -0.39 is 0 Å². The topological polar surface area (TPSA) is 9.23 Å². The smallest absolute Gasteiger partial charge is 0.0573 e. The lowest BCUT2D eigenvalue weighted by Gasteiger charge is -2.25. The normalized spacial score (nSPS) is 36.7. The van der Waals surface area contributed by atoms with Crippen LogP contribution in [0, 0.1) is 5.92 Å². The predicted molar refractivity (Wildman–Crippen MR) is 38.4 cm³/mol. The molecule has 1 heteroatoms. The summed E-state index contributed by atoms with van der Waals surface area (Å²) in [5, 5.41) is 0. The van der Waals surface area contributed by atoms with Crippen LogP contribution in [0.1, 0.15) is 32.6 Å². The predicted octanol–water partition coefficient (Wildman–Crippen LogP) is 2.21. The summed E-state index contributed by atoms with van der Waals surface area (Å²) in [6.07, 6.45) is 5.88. The van der Waals surface area contributed by atoms with Gasteiger partial charge in [0.2, 0.25) is 0 Å². The van der Waals surface area contributed by atoms with E-state index in [4.69, 9.17) is 4.74 Å². The average Bonchev–Trinajstić information content (AvgIpc) is 1.88. The third-order valence-corrected chi connectivity index (χ3v) is 2.22. The van der Waals surface area contributed by atoms with E-state index in [-0.39, 0.29) is 0 Å². The lowest BCUT2D eigenvalue weighted by Crippen LogP contribution is -2.19. The molecule has 54 valence electrons. The highest BCUT2D eigenvalue weighted by Gasteiger charge is 2.17. The van der Waals surface area contributed by atoms with Gasteiger partial charge in [-0.05, 0) is 18.8 Å². The van der Waals surface area contributed by atoms with Crippen LogP contribution in [0.15, 0.2) is 0 Å². The van der Waals surface area contributed by atoms with Gasteiger partial charge in [-0.2, -0.15) is 0 Å². The van der Waals surface area contributed by atoms with Crippen molar-refractivity contribution in [2.75, 3.05) is 7.11 Å². The zero-order valence-electron chi connectivity index (χ0n) is 6.39. The van der Waals surface area contributed by atoms with Crippen LogP contribution < -0.4 is 0 Å². The van der Waals surface area contributed by atoms with Gasteiger partial charge in [-0.25, -0.2) is 0 Å². The maximum absolute atomic E-state index is 5.26. The third kappa shape index (κ3) is 1.98. The monoisotopic (exact) mass is 128 g/mol. The van der Waals surface area contributed by atoms with Crippen molar-refractivity contribution < 1.29 is 4.74 Å². The molecule has 0 aromatic heterocycles. The van der Waals surface area contributed by atoms with Gasteiger partial charge in [0.25, 0.3) is 0 Å². The van der Waals surface area contributed by atoms with Gasteiger partial charge in [-0.15, -0.1) is 0 Å². The van der Waals surface area contributed by atoms with Crippen molar-refractivity contribution in [1.29, 1.82) is 0 Å². The summed E-state index contributed by atoms with van der Waals surface area (Å²) < 4.78 is 5.26. The number of rotatable bonds is 1. The van der Waals surface area contributed by atoms with E-state index in [0.29, 0.717) is 6.10 Å². The molecule has 0 radical (unpaired) electrons. The maximum atomic E-state index is 5.26. The van der Waals surface area contributed by atoms with E-state index in [2.05, 4.69) is 6.92 Å². The van der Waals surface area contributed by atoms with E-state index in [1.54, 1.807) is 0 Å². The molecule has 0 N–H and O–H groups in total. The number of hydrogen-bond acceptors (Lipinski definition) is 1. The summed E-state index contributed by atoms with van der Waals surface area (Å²) >= 11 is 0. The number of ether oxygens (including phenoxy) is 1. The zero-order valence-corrected chi connectivity index (χ0v) is 6.39. The summed E-state index contributed by atoms with van der Waals surface area (Å²) in [4.78, 5) is 0. The lowest BCUT2D eigenvalue weighted by molar-refractivity contribution is 0.0542. The van der Waals surface area contributed by atoms with E-state index in [0.717, 1.165) is 5.92 Å². The van der Waals surface area contributed by atoms with Gasteiger partial charge in [0.05, 0.1) is 6.10 Å². The van der Waals surface area contributed by atoms with Crippen LogP contribution in [0.4, 0.5) is 0 Å². The van der Waals surface area contributed by atoms with Crippen LogP contribution >= 0.6 is 0 Å². The van der Waals surface area contributed by atoms with Gasteiger partial charge in [0.1, 0.15) is 0 Å². The Kier molecular flexibility index (Phi) is 2.52. The molecule has 0 aromatic rings. The van der Waals surface area contributed by atoms with Crippen molar-refractivity contribution in [1.82, 2.24) is 0 Å². The van der Waals surface area contributed by atoms with Crippen LogP contribution in [0.3, 0.4) is 0 Å². The molecule has 0 amide bonds. The Morgan fingerprint density at radius 3 is 2.56 bits per heavy atom. The van der Waals surface area contributed by atoms with Crippen molar-refractivity contribution in [2.45, 2.75) is 38.7 Å². The second-order valence-electron chi connectivity index (χ2n) is 3.13. The van der Waals surface area contributed by atoms with Gasteiger partial charge >= 0.3 is 0 Å². The van der Waals surface area contributed by atoms with Crippen LogP contribution in [0.2, 0.25) is 0 Å². The molecule has 0 aliphatic heterocycles. The Bertz CT molecular complexity index is 80.6. The first-order valence-electron chi connectivity index (χ1n) is 3.85. The highest BCUT2D eigenvalue weighted by atomic mass is 16.5. The summed E-state index contributed by atoms with van der Waals surface area (Å²) in [7, 11) is 1.82. The summed E-state index contributed by atoms with van der Waals surface area (Å²) in [6.45, 7) is 2.31. The number of hydrogen-bond donors (Lipinski definition) is 0. The van der Waals surface area contributed by atoms with Crippen LogP contribution in [0.5, 0.6) is 0 Å². The first kappa shape index (κ1) is 7.07. The minimum atomic E-state index is 0.564. The van der Waals surface area contributed by atoms with Crippen LogP contribution in [-0.2, 0) is 4.74 Å². The Morgan fingerprint density at radius 2 is 2.11 bits per heavy atom. The molecule has 1 aliphatic rings. The second kappa shape index (κ2) is 3.21. The average molecular weight is 128 g/mol. The molecule has 0 unspecified atom stereocenters. The van der Waals surface area contributed by atoms with Crippen molar-refractivity contribution in [3.05, 3.63) is 0 Å². The van der Waals surface area contributed by atoms with Gasteiger partial charge in [-0.1, -0.05) is 19.8 Å². The fourth-order valence-electron chi connectivity index (χ4n) is 1.59. The Morgan fingerprint density at radius 1 is 1.33 bits per heavy atom. The molecule has 1 aliphatic carbocycles. The second-order valence-corrected chi connectivity index (χ2v) is 3.13. The fraction of sp³-hybridized carbons (Fsp3) is 1.00. The van der Waals surface area contributed by atoms with Crippen LogP contribution in [0.25, 0.3) is 0 Å². The minimum absolute atomic E-state index is 0.564. The van der Waals surface area contributed by atoms with Gasteiger partial charge in [-0.3, -0.25) is 0 Å². The molecule has 0 spiro atoms. The molecule has 9 heavy (non-hydrogen) atoms. The standard InChI is InChI=1S/C8H16O/c1-7-4-3-5-8(6-7)9-2/h7-8H,3-6H2,1-2H3/t7-,8+/m1/s1. The third-order valence-electron chi connectivity index (χ3n) is 2.22. The van der Waals surface area contributed by atoms with E-state index >= 15 is 0 Å². The van der Waals surface area contributed by atoms with E-state index in [1.807, 2.05) is 7.11 Å². The number of methoxy groups -OCH3 is 1. The molecule has 1 saturated carbocycles. The van der Waals surface area contributed by atoms with Crippen molar-refractivity contribution in [3.8, 4) is 0 Å². The van der Waals surface area contributed by atoms with Gasteiger partial charge in [0.15, 0.2) is 0 Å². The quantitative estimate of drug-likeness (QED) is 0.526. The largest absolute Gasteiger partial charge is 0.381 e. The molecule has 1 nitrogen and oxygen atoms in total. The van der Waals surface area contributed by atoms with Gasteiger partial charge < -0.3 is 4.74 Å². The van der Waals surface area contributed by atoms with Crippen molar-refractivity contribution in [3.63, 3.8) is 0 Å². The first-order chi connectivity index (χ1) is 4.33. The Balaban J connectivity index is 2.23. The summed E-state index contributed by atoms with van der Waals surface area (Å²) in [5.41, 5.74) is 0. The molecule has 1 fully saturated rings. The summed E-state index contributed by atoms with van der Waals surface area (Å²) in [5.74, 6) is 0.892. The minimum Gasteiger partial charge on any atom is -0.381 e. The van der Waals surface area contributed by atoms with Crippen molar-refractivity contribution >= 4 is 0 Å². The molecular formula is C8H16O. The van der Waals surface area contributed by atoms with Crippen molar-refractivity contribution in [2.24, 2.45) is 5.92 Å².